The van der Waals surface area contributed by atoms with E-state index in [2.05, 4.69) is 9.97 Å². The van der Waals surface area contributed by atoms with E-state index in [-0.39, 0.29) is 0 Å². The molecular formula is C3H3N3O2. The molecule has 0 saturated heterocycles. The highest BCUT2D eigenvalue weighted by Crippen LogP contribution is 1.58. The number of nitrogens with zero attached hydrogens (tertiary/aromatic N) is 3. The molecule has 1 N–H and O–H groups in total. The van der Waals surface area contributed by atoms with Crippen LogP contribution in [0.1, 0.15) is 0 Å². The van der Waals surface area contributed by atoms with Crippen molar-refractivity contribution in [2.75, 3.05) is 0 Å². The molecule has 1 aromatic rings. The number of rotatable bonds is 0. The van der Waals surface area contributed by atoms with Crippen LogP contribution in [0.2, 0.25) is 0 Å². The fourth-order valence-electron chi connectivity index (χ4n) is 0.284. The van der Waals surface area contributed by atoms with Crippen LogP contribution in [-0.4, -0.2) is 19.9 Å². The van der Waals surface area contributed by atoms with Gasteiger partial charge in [0.2, 0.25) is 0 Å². The Morgan fingerprint density at radius 3 is 2.88 bits per heavy atom. The third kappa shape index (κ3) is 0.651. The Labute approximate surface area is 44.2 Å². The normalized spacial score (nSPS) is 9.00. The van der Waals surface area contributed by atoms with Gasteiger partial charge < -0.3 is 5.21 Å². The third-order valence-electron chi connectivity index (χ3n) is 0.607. The van der Waals surface area contributed by atoms with Crippen LogP contribution in [0, 0.1) is 0 Å². The average Bonchev–Trinajstić information content (AvgIpc) is 1.77. The SMILES string of the molecule is O=c1ncncn1O. The Kier molecular flexibility index (Phi) is 0.957. The first-order valence-corrected chi connectivity index (χ1v) is 1.88. The molecular weight excluding hydrogens is 110 g/mol. The summed E-state index contributed by atoms with van der Waals surface area (Å²) in [7, 11) is 0. The van der Waals surface area contributed by atoms with E-state index in [1.165, 1.54) is 0 Å². The summed E-state index contributed by atoms with van der Waals surface area (Å²) in [6.07, 6.45) is 2.03. The summed E-state index contributed by atoms with van der Waals surface area (Å²) in [6, 6.07) is 0. The first-order chi connectivity index (χ1) is 3.80. The monoisotopic (exact) mass is 113 g/mol. The molecule has 1 heterocycles. The van der Waals surface area contributed by atoms with Crippen molar-refractivity contribution in [2.24, 2.45) is 0 Å². The second-order valence-electron chi connectivity index (χ2n) is 1.14. The highest BCUT2D eigenvalue weighted by Gasteiger charge is 1.84. The smallest absolute Gasteiger partial charge is 0.383 e. The predicted octanol–water partition coefficient (Wildman–Crippen LogP) is -1.12. The van der Waals surface area contributed by atoms with Crippen LogP contribution in [0.3, 0.4) is 0 Å². The molecule has 8 heavy (non-hydrogen) atoms. The van der Waals surface area contributed by atoms with Gasteiger partial charge in [0.15, 0.2) is 0 Å². The summed E-state index contributed by atoms with van der Waals surface area (Å²) in [5.74, 6) is 0. The Morgan fingerprint density at radius 1 is 1.75 bits per heavy atom. The van der Waals surface area contributed by atoms with E-state index in [0.29, 0.717) is 4.73 Å². The lowest BCUT2D eigenvalue weighted by Crippen LogP contribution is -2.19. The molecule has 1 aromatic heterocycles. The quantitative estimate of drug-likeness (QED) is 0.432. The predicted molar refractivity (Wildman–Crippen MR) is 23.5 cm³/mol. The molecule has 0 aliphatic heterocycles. The fraction of sp³-hybridized carbons (Fsp3) is 0. The Balaban J connectivity index is 3.35. The Hall–Kier alpha value is -1.39. The van der Waals surface area contributed by atoms with Crippen LogP contribution in [0.15, 0.2) is 17.4 Å². The fourth-order valence-corrected chi connectivity index (χ4v) is 0.284. The van der Waals surface area contributed by atoms with Gasteiger partial charge in [-0.05, 0) is 0 Å². The van der Waals surface area contributed by atoms with Gasteiger partial charge in [-0.3, -0.25) is 0 Å². The molecule has 0 aliphatic rings. The zero-order valence-electron chi connectivity index (χ0n) is 3.85. The lowest BCUT2D eigenvalue weighted by Gasteiger charge is -1.86. The second-order valence-corrected chi connectivity index (χ2v) is 1.14. The highest BCUT2D eigenvalue weighted by atomic mass is 16.5. The van der Waals surface area contributed by atoms with Crippen molar-refractivity contribution in [2.45, 2.75) is 0 Å². The van der Waals surface area contributed by atoms with E-state index in [1.807, 2.05) is 0 Å². The van der Waals surface area contributed by atoms with Crippen molar-refractivity contribution in [3.8, 4) is 0 Å². The van der Waals surface area contributed by atoms with Gasteiger partial charge in [-0.15, -0.1) is 4.73 Å². The molecule has 0 bridgehead atoms. The average molecular weight is 113 g/mol. The van der Waals surface area contributed by atoms with Crippen LogP contribution < -0.4 is 5.69 Å². The minimum Gasteiger partial charge on any atom is -0.423 e. The Bertz CT molecular complexity index is 230. The molecule has 5 nitrogen and oxygen atoms in total. The lowest BCUT2D eigenvalue weighted by atomic mass is 11.1. The maximum atomic E-state index is 10.2. The molecule has 0 atom stereocenters. The minimum atomic E-state index is -0.722. The summed E-state index contributed by atoms with van der Waals surface area (Å²) in [6.45, 7) is 0. The molecule has 1 rings (SSSR count). The third-order valence-corrected chi connectivity index (χ3v) is 0.607. The van der Waals surface area contributed by atoms with Crippen molar-refractivity contribution >= 4 is 0 Å². The van der Waals surface area contributed by atoms with E-state index < -0.39 is 5.69 Å². The first kappa shape index (κ1) is 4.76. The van der Waals surface area contributed by atoms with Crippen LogP contribution in [0.4, 0.5) is 0 Å². The minimum absolute atomic E-state index is 0.306. The van der Waals surface area contributed by atoms with Crippen LogP contribution in [0.5, 0.6) is 0 Å². The van der Waals surface area contributed by atoms with E-state index in [4.69, 9.17) is 5.21 Å². The summed E-state index contributed by atoms with van der Waals surface area (Å²) in [5, 5.41) is 8.40. The largest absolute Gasteiger partial charge is 0.423 e. The van der Waals surface area contributed by atoms with Gasteiger partial charge in [0, 0.05) is 0 Å². The van der Waals surface area contributed by atoms with Gasteiger partial charge in [0.25, 0.3) is 0 Å². The molecule has 0 amide bonds. The Morgan fingerprint density at radius 2 is 2.50 bits per heavy atom. The lowest BCUT2D eigenvalue weighted by molar-refractivity contribution is 0.165. The van der Waals surface area contributed by atoms with Crippen molar-refractivity contribution < 1.29 is 5.21 Å². The summed E-state index contributed by atoms with van der Waals surface area (Å²) in [5.41, 5.74) is -0.722. The van der Waals surface area contributed by atoms with Crippen LogP contribution in [-0.2, 0) is 0 Å². The van der Waals surface area contributed by atoms with E-state index in [9.17, 15) is 4.79 Å². The molecule has 42 valence electrons. The van der Waals surface area contributed by atoms with Gasteiger partial charge in [-0.25, -0.2) is 9.78 Å². The number of hydrogen-bond donors (Lipinski definition) is 1. The van der Waals surface area contributed by atoms with Crippen molar-refractivity contribution in [1.82, 2.24) is 14.7 Å². The van der Waals surface area contributed by atoms with E-state index in [0.717, 1.165) is 12.7 Å². The van der Waals surface area contributed by atoms with Gasteiger partial charge in [-0.2, -0.15) is 4.98 Å². The van der Waals surface area contributed by atoms with Gasteiger partial charge in [0.1, 0.15) is 12.7 Å². The summed E-state index contributed by atoms with van der Waals surface area (Å²) < 4.78 is 0.306. The molecule has 0 aliphatic carbocycles. The van der Waals surface area contributed by atoms with Gasteiger partial charge in [0.05, 0.1) is 0 Å². The molecule has 0 unspecified atom stereocenters. The zero-order chi connectivity index (χ0) is 5.98. The molecule has 0 spiro atoms. The summed E-state index contributed by atoms with van der Waals surface area (Å²) in [4.78, 5) is 16.7. The van der Waals surface area contributed by atoms with Crippen molar-refractivity contribution in [1.29, 1.82) is 0 Å². The maximum absolute atomic E-state index is 10.2. The molecule has 0 aromatic carbocycles. The number of aromatic nitrogens is 3. The van der Waals surface area contributed by atoms with Gasteiger partial charge in [-0.1, -0.05) is 0 Å². The summed E-state index contributed by atoms with van der Waals surface area (Å²) >= 11 is 0. The first-order valence-electron chi connectivity index (χ1n) is 1.88. The van der Waals surface area contributed by atoms with Crippen molar-refractivity contribution in [3.05, 3.63) is 23.1 Å². The molecule has 0 saturated carbocycles. The van der Waals surface area contributed by atoms with E-state index >= 15 is 0 Å². The standard InChI is InChI=1S/C3H3N3O2/c7-3-5-1-4-2-6(3)8/h1-2,8H. The topological polar surface area (TPSA) is 68.0 Å². The molecule has 0 radical (unpaired) electrons. The molecule has 5 heteroatoms. The van der Waals surface area contributed by atoms with Crippen molar-refractivity contribution in [3.63, 3.8) is 0 Å². The highest BCUT2D eigenvalue weighted by molar-refractivity contribution is 4.58. The van der Waals surface area contributed by atoms with Crippen LogP contribution >= 0.6 is 0 Å². The zero-order valence-corrected chi connectivity index (χ0v) is 3.85. The van der Waals surface area contributed by atoms with E-state index in [1.54, 1.807) is 0 Å². The number of hydrogen-bond acceptors (Lipinski definition) is 4. The molecule has 0 fully saturated rings. The van der Waals surface area contributed by atoms with Gasteiger partial charge >= 0.3 is 5.69 Å². The second kappa shape index (κ2) is 1.61. The van der Waals surface area contributed by atoms with Crippen LogP contribution in [0.25, 0.3) is 0 Å². The maximum Gasteiger partial charge on any atom is 0.383 e.